The van der Waals surface area contributed by atoms with Gasteiger partial charge in [0.05, 0.1) is 11.9 Å². The van der Waals surface area contributed by atoms with E-state index >= 15 is 0 Å². The Hall–Kier alpha value is -3.65. The summed E-state index contributed by atoms with van der Waals surface area (Å²) in [5.74, 6) is -0.304. The molecule has 1 N–H and O–H groups in total. The third-order valence-corrected chi connectivity index (χ3v) is 9.12. The number of hydrogen-bond donors (Lipinski definition) is 1. The van der Waals surface area contributed by atoms with E-state index in [9.17, 15) is 18.0 Å². The van der Waals surface area contributed by atoms with Gasteiger partial charge in [-0.2, -0.15) is 0 Å². The minimum Gasteiger partial charge on any atom is -0.352 e. The van der Waals surface area contributed by atoms with Crippen molar-refractivity contribution in [1.82, 2.24) is 10.2 Å². The number of benzene rings is 3. The maximum Gasteiger partial charge on any atom is 0.243 e. The summed E-state index contributed by atoms with van der Waals surface area (Å²) >= 11 is 0. The Kier molecular flexibility index (Phi) is 10.8. The summed E-state index contributed by atoms with van der Waals surface area (Å²) < 4.78 is 26.8. The van der Waals surface area contributed by atoms with Gasteiger partial charge in [0.2, 0.25) is 21.8 Å². The van der Waals surface area contributed by atoms with E-state index in [0.29, 0.717) is 25.1 Å². The van der Waals surface area contributed by atoms with Crippen LogP contribution >= 0.6 is 0 Å². The zero-order chi connectivity index (χ0) is 30.1. The lowest BCUT2D eigenvalue weighted by Crippen LogP contribution is -2.52. The second-order valence-corrected chi connectivity index (χ2v) is 13.3. The van der Waals surface area contributed by atoms with Crippen molar-refractivity contribution in [3.8, 4) is 0 Å². The van der Waals surface area contributed by atoms with E-state index in [1.54, 1.807) is 11.0 Å². The van der Waals surface area contributed by atoms with E-state index in [2.05, 4.69) is 5.32 Å². The number of aryl methyl sites for hydroxylation is 2. The predicted molar refractivity (Wildman–Crippen MR) is 169 cm³/mol. The topological polar surface area (TPSA) is 86.8 Å². The highest BCUT2D eigenvalue weighted by Gasteiger charge is 2.32. The molecule has 0 radical (unpaired) electrons. The van der Waals surface area contributed by atoms with Crippen molar-refractivity contribution in [2.24, 2.45) is 0 Å². The first kappa shape index (κ1) is 31.3. The van der Waals surface area contributed by atoms with Crippen molar-refractivity contribution in [3.05, 3.63) is 101 Å². The van der Waals surface area contributed by atoms with Gasteiger partial charge in [-0.25, -0.2) is 8.42 Å². The smallest absolute Gasteiger partial charge is 0.243 e. The highest BCUT2D eigenvalue weighted by molar-refractivity contribution is 7.92. The molecular weight excluding hydrogens is 546 g/mol. The highest BCUT2D eigenvalue weighted by Crippen LogP contribution is 2.24. The van der Waals surface area contributed by atoms with Gasteiger partial charge >= 0.3 is 0 Å². The molecule has 0 unspecified atom stereocenters. The van der Waals surface area contributed by atoms with Crippen LogP contribution in [0, 0.1) is 13.8 Å². The van der Waals surface area contributed by atoms with Gasteiger partial charge in [-0.15, -0.1) is 0 Å². The number of hydrogen-bond acceptors (Lipinski definition) is 4. The molecule has 1 saturated carbocycles. The van der Waals surface area contributed by atoms with E-state index in [-0.39, 0.29) is 30.8 Å². The standard InChI is InChI=1S/C34H43N3O4S/c1-26-13-11-17-29(23-26)25-36(32(24-28-15-5-4-6-16-28)34(39)35-30-18-8-9-19-30)33(38)21-12-22-37(42(3,40)41)31-20-10-7-14-27(31)2/h4-7,10-11,13-17,20,23,30,32H,8-9,12,18-19,21-22,24-25H2,1-3H3,(H,35,39)/t32-/m0/s1. The second-order valence-electron chi connectivity index (χ2n) is 11.4. The lowest BCUT2D eigenvalue weighted by molar-refractivity contribution is -0.141. The SMILES string of the molecule is Cc1cccc(CN(C(=O)CCCN(c2ccccc2C)S(C)(=O)=O)[C@@H](Cc2ccccc2)C(=O)NC2CCCC2)c1. The first-order chi connectivity index (χ1) is 20.1. The lowest BCUT2D eigenvalue weighted by Gasteiger charge is -2.33. The number of rotatable bonds is 13. The third kappa shape index (κ3) is 8.68. The average Bonchev–Trinajstić information content (AvgIpc) is 3.46. The van der Waals surface area contributed by atoms with E-state index in [0.717, 1.165) is 47.9 Å². The first-order valence-electron chi connectivity index (χ1n) is 14.8. The first-order valence-corrected chi connectivity index (χ1v) is 16.7. The highest BCUT2D eigenvalue weighted by atomic mass is 32.2. The summed E-state index contributed by atoms with van der Waals surface area (Å²) in [7, 11) is -3.55. The van der Waals surface area contributed by atoms with Crippen LogP contribution in [0.5, 0.6) is 0 Å². The number of amides is 2. The van der Waals surface area contributed by atoms with Crippen LogP contribution in [0.15, 0.2) is 78.9 Å². The van der Waals surface area contributed by atoms with Crippen LogP contribution in [0.1, 0.15) is 60.8 Å². The van der Waals surface area contributed by atoms with Gasteiger partial charge in [0.1, 0.15) is 6.04 Å². The number of anilines is 1. The zero-order valence-corrected chi connectivity index (χ0v) is 25.8. The molecular formula is C34H43N3O4S. The summed E-state index contributed by atoms with van der Waals surface area (Å²) in [5.41, 5.74) is 4.47. The maximum absolute atomic E-state index is 14.0. The zero-order valence-electron chi connectivity index (χ0n) is 25.0. The van der Waals surface area contributed by atoms with Crippen LogP contribution < -0.4 is 9.62 Å². The Morgan fingerprint density at radius 2 is 1.57 bits per heavy atom. The van der Waals surface area contributed by atoms with E-state index in [1.807, 2.05) is 86.6 Å². The molecule has 0 aliphatic heterocycles. The molecule has 8 heteroatoms. The van der Waals surface area contributed by atoms with Crippen LogP contribution in [0.25, 0.3) is 0 Å². The fourth-order valence-electron chi connectivity index (χ4n) is 5.75. The normalized spacial score (nSPS) is 14.4. The number of para-hydroxylation sites is 1. The van der Waals surface area contributed by atoms with Gasteiger partial charge in [-0.3, -0.25) is 13.9 Å². The molecule has 1 aliphatic rings. The second kappa shape index (κ2) is 14.5. The van der Waals surface area contributed by atoms with Crippen molar-refractivity contribution < 1.29 is 18.0 Å². The van der Waals surface area contributed by atoms with Gasteiger partial charge in [0, 0.05) is 32.0 Å². The Bertz CT molecular complexity index is 1450. The molecule has 3 aromatic carbocycles. The van der Waals surface area contributed by atoms with Crippen LogP contribution in [0.2, 0.25) is 0 Å². The molecule has 1 aliphatic carbocycles. The summed E-state index contributed by atoms with van der Waals surface area (Å²) in [4.78, 5) is 29.6. The lowest BCUT2D eigenvalue weighted by atomic mass is 10.0. The summed E-state index contributed by atoms with van der Waals surface area (Å²) in [6.07, 6.45) is 6.13. The van der Waals surface area contributed by atoms with Crippen LogP contribution in [0.3, 0.4) is 0 Å². The van der Waals surface area contributed by atoms with Crippen molar-refractivity contribution in [2.45, 2.75) is 77.4 Å². The monoisotopic (exact) mass is 589 g/mol. The minimum atomic E-state index is -3.55. The number of carbonyl (C=O) groups excluding carboxylic acids is 2. The molecule has 4 rings (SSSR count). The van der Waals surface area contributed by atoms with E-state index in [4.69, 9.17) is 0 Å². The molecule has 1 atom stereocenters. The Labute approximate surface area is 251 Å². The average molecular weight is 590 g/mol. The number of nitrogens with one attached hydrogen (secondary N) is 1. The van der Waals surface area contributed by atoms with Gasteiger partial charge in [0.15, 0.2) is 0 Å². The molecule has 3 aromatic rings. The molecule has 1 fully saturated rings. The summed E-state index contributed by atoms with van der Waals surface area (Å²) in [6, 6.07) is 24.6. The molecule has 42 heavy (non-hydrogen) atoms. The van der Waals surface area contributed by atoms with E-state index < -0.39 is 16.1 Å². The summed E-state index contributed by atoms with van der Waals surface area (Å²) in [6.45, 7) is 4.35. The molecule has 2 amide bonds. The fourth-order valence-corrected chi connectivity index (χ4v) is 6.78. The van der Waals surface area contributed by atoms with Gasteiger partial charge in [-0.1, -0.05) is 91.2 Å². The number of sulfonamides is 1. The molecule has 0 aromatic heterocycles. The van der Waals surface area contributed by atoms with Crippen LogP contribution in [0.4, 0.5) is 5.69 Å². The molecule has 0 bridgehead atoms. The maximum atomic E-state index is 14.0. The largest absolute Gasteiger partial charge is 0.352 e. The van der Waals surface area contributed by atoms with Gasteiger partial charge in [0.25, 0.3) is 0 Å². The van der Waals surface area contributed by atoms with Crippen LogP contribution in [-0.2, 0) is 32.6 Å². The third-order valence-electron chi connectivity index (χ3n) is 7.94. The minimum absolute atomic E-state index is 0.117. The Morgan fingerprint density at radius 3 is 2.24 bits per heavy atom. The van der Waals surface area contributed by atoms with Crippen molar-refractivity contribution in [2.75, 3.05) is 17.1 Å². The fraction of sp³-hybridized carbons (Fsp3) is 0.412. The Balaban J connectivity index is 1.59. The summed E-state index contributed by atoms with van der Waals surface area (Å²) in [5, 5.41) is 3.23. The van der Waals surface area contributed by atoms with Crippen molar-refractivity contribution in [1.29, 1.82) is 0 Å². The molecule has 0 heterocycles. The van der Waals surface area contributed by atoms with Gasteiger partial charge in [-0.05, 0) is 55.9 Å². The predicted octanol–water partition coefficient (Wildman–Crippen LogP) is 5.55. The molecule has 7 nitrogen and oxygen atoms in total. The number of nitrogens with zero attached hydrogens (tertiary/aromatic N) is 2. The molecule has 0 spiro atoms. The van der Waals surface area contributed by atoms with Crippen LogP contribution in [-0.4, -0.2) is 50.0 Å². The Morgan fingerprint density at radius 1 is 0.905 bits per heavy atom. The van der Waals surface area contributed by atoms with Crippen molar-refractivity contribution >= 4 is 27.5 Å². The molecule has 224 valence electrons. The quantitative estimate of drug-likeness (QED) is 0.283. The van der Waals surface area contributed by atoms with Gasteiger partial charge < -0.3 is 10.2 Å². The van der Waals surface area contributed by atoms with Crippen molar-refractivity contribution in [3.63, 3.8) is 0 Å². The van der Waals surface area contributed by atoms with E-state index in [1.165, 1.54) is 10.6 Å². The number of carbonyl (C=O) groups is 2. The molecule has 0 saturated heterocycles.